The summed E-state index contributed by atoms with van der Waals surface area (Å²) in [5.41, 5.74) is 0. The molecule has 0 unspecified atom stereocenters. The minimum Gasteiger partial charge on any atom is -0.338 e. The Hall–Kier alpha value is -0.300. The molecule has 1 aromatic heterocycles. The molecule has 2 amide bonds. The van der Waals surface area contributed by atoms with Crippen LogP contribution in [0.4, 0.5) is 4.79 Å². The van der Waals surface area contributed by atoms with Crippen LogP contribution in [0.15, 0.2) is 12.1 Å². The molecule has 82 valence electrons. The van der Waals surface area contributed by atoms with Crippen LogP contribution in [-0.2, 0) is 6.42 Å². The maximum absolute atomic E-state index is 11.3. The largest absolute Gasteiger partial charge is 0.338 e. The lowest BCUT2D eigenvalue weighted by atomic mass is 10.3. The van der Waals surface area contributed by atoms with Gasteiger partial charge in [-0.2, -0.15) is 0 Å². The van der Waals surface area contributed by atoms with E-state index in [0.717, 1.165) is 25.8 Å². The van der Waals surface area contributed by atoms with Crippen molar-refractivity contribution in [2.24, 2.45) is 0 Å². The predicted molar refractivity (Wildman–Crippen MR) is 70.3 cm³/mol. The van der Waals surface area contributed by atoms with Gasteiger partial charge in [0.2, 0.25) is 0 Å². The van der Waals surface area contributed by atoms with E-state index in [4.69, 9.17) is 0 Å². The van der Waals surface area contributed by atoms with Crippen LogP contribution in [0.2, 0.25) is 0 Å². The van der Waals surface area contributed by atoms with Crippen molar-refractivity contribution >= 4 is 40.0 Å². The van der Waals surface area contributed by atoms with Gasteiger partial charge in [0, 0.05) is 17.5 Å². The minimum atomic E-state index is -0.0243. The molecule has 15 heavy (non-hydrogen) atoms. The number of carbonyl (C=O) groups excluding carboxylic acids is 1. The first-order valence-electron chi connectivity index (χ1n) is 5.02. The normalized spacial score (nSPS) is 15.0. The van der Waals surface area contributed by atoms with Crippen molar-refractivity contribution in [3.05, 3.63) is 19.9 Å². The number of hydrogen-bond acceptors (Lipinski definition) is 2. The Morgan fingerprint density at radius 1 is 1.53 bits per heavy atom. The molecule has 0 aromatic carbocycles. The summed E-state index contributed by atoms with van der Waals surface area (Å²) in [4.78, 5) is 12.6. The fourth-order valence-corrected chi connectivity index (χ4v) is 3.00. The first-order chi connectivity index (χ1) is 7.24. The molecule has 3 nitrogen and oxygen atoms in total. The van der Waals surface area contributed by atoms with Crippen LogP contribution in [-0.4, -0.2) is 18.6 Å². The summed E-state index contributed by atoms with van der Waals surface area (Å²) in [5.74, 6) is 0. The third kappa shape index (κ3) is 3.98. The number of urea groups is 1. The highest BCUT2D eigenvalue weighted by atomic mass is 127. The first kappa shape index (κ1) is 11.2. The SMILES string of the molecule is O=C(NCCc1ccc(I)s1)NC1CC1. The molecule has 0 aliphatic heterocycles. The average Bonchev–Trinajstić information content (AvgIpc) is 2.89. The monoisotopic (exact) mass is 336 g/mol. The smallest absolute Gasteiger partial charge is 0.315 e. The highest BCUT2D eigenvalue weighted by molar-refractivity contribution is 14.1. The molecule has 0 spiro atoms. The third-order valence-electron chi connectivity index (χ3n) is 2.20. The summed E-state index contributed by atoms with van der Waals surface area (Å²) in [6.07, 6.45) is 3.19. The standard InChI is InChI=1S/C10H13IN2OS/c11-9-4-3-8(15-9)5-6-12-10(14)13-7-1-2-7/h3-4,7H,1-2,5-6H2,(H2,12,13,14). The number of halogens is 1. The van der Waals surface area contributed by atoms with Crippen molar-refractivity contribution in [1.82, 2.24) is 10.6 Å². The lowest BCUT2D eigenvalue weighted by Gasteiger charge is -2.04. The number of carbonyl (C=O) groups is 1. The van der Waals surface area contributed by atoms with Crippen molar-refractivity contribution in [3.8, 4) is 0 Å². The van der Waals surface area contributed by atoms with Gasteiger partial charge < -0.3 is 10.6 Å². The molecule has 0 bridgehead atoms. The molecule has 1 aliphatic rings. The van der Waals surface area contributed by atoms with E-state index in [2.05, 4.69) is 45.4 Å². The van der Waals surface area contributed by atoms with E-state index >= 15 is 0 Å². The molecule has 1 heterocycles. The Morgan fingerprint density at radius 3 is 2.93 bits per heavy atom. The van der Waals surface area contributed by atoms with E-state index < -0.39 is 0 Å². The van der Waals surface area contributed by atoms with Crippen molar-refractivity contribution in [2.75, 3.05) is 6.54 Å². The van der Waals surface area contributed by atoms with Crippen molar-refractivity contribution in [1.29, 1.82) is 0 Å². The predicted octanol–water partition coefficient (Wildman–Crippen LogP) is 2.36. The van der Waals surface area contributed by atoms with E-state index in [0.29, 0.717) is 6.04 Å². The van der Waals surface area contributed by atoms with Crippen LogP contribution >= 0.6 is 33.9 Å². The van der Waals surface area contributed by atoms with Gasteiger partial charge in [-0.05, 0) is 54.0 Å². The minimum absolute atomic E-state index is 0.0243. The molecule has 2 rings (SSSR count). The van der Waals surface area contributed by atoms with E-state index in [1.54, 1.807) is 11.3 Å². The second-order valence-electron chi connectivity index (χ2n) is 3.63. The fourth-order valence-electron chi connectivity index (χ4n) is 1.25. The van der Waals surface area contributed by atoms with E-state index in [1.807, 2.05) is 0 Å². The second kappa shape index (κ2) is 5.16. The first-order valence-corrected chi connectivity index (χ1v) is 6.92. The number of hydrogen-bond donors (Lipinski definition) is 2. The van der Waals surface area contributed by atoms with Gasteiger partial charge in [-0.1, -0.05) is 0 Å². The molecule has 1 aliphatic carbocycles. The van der Waals surface area contributed by atoms with Gasteiger partial charge in [0.1, 0.15) is 0 Å². The molecular formula is C10H13IN2OS. The van der Waals surface area contributed by atoms with Gasteiger partial charge >= 0.3 is 6.03 Å². The number of amides is 2. The number of thiophene rings is 1. The van der Waals surface area contributed by atoms with Crippen molar-refractivity contribution in [2.45, 2.75) is 25.3 Å². The molecule has 2 N–H and O–H groups in total. The Kier molecular flexibility index (Phi) is 3.85. The summed E-state index contributed by atoms with van der Waals surface area (Å²) < 4.78 is 1.30. The number of rotatable bonds is 4. The average molecular weight is 336 g/mol. The van der Waals surface area contributed by atoms with E-state index in [9.17, 15) is 4.79 Å². The van der Waals surface area contributed by atoms with Gasteiger partial charge in [-0.15, -0.1) is 11.3 Å². The molecule has 0 atom stereocenters. The zero-order chi connectivity index (χ0) is 10.7. The molecule has 1 aromatic rings. The maximum Gasteiger partial charge on any atom is 0.315 e. The zero-order valence-corrected chi connectivity index (χ0v) is 11.2. The van der Waals surface area contributed by atoms with Crippen LogP contribution in [0.25, 0.3) is 0 Å². The van der Waals surface area contributed by atoms with Crippen molar-refractivity contribution < 1.29 is 4.79 Å². The van der Waals surface area contributed by atoms with Crippen LogP contribution in [0.5, 0.6) is 0 Å². The van der Waals surface area contributed by atoms with Gasteiger partial charge in [0.15, 0.2) is 0 Å². The lowest BCUT2D eigenvalue weighted by molar-refractivity contribution is 0.240. The van der Waals surface area contributed by atoms with Gasteiger partial charge in [0.05, 0.1) is 2.88 Å². The fraction of sp³-hybridized carbons (Fsp3) is 0.500. The Bertz CT molecular complexity index is 349. The topological polar surface area (TPSA) is 41.1 Å². The Balaban J connectivity index is 1.63. The Labute approximate surface area is 107 Å². The molecular weight excluding hydrogens is 323 g/mol. The van der Waals surface area contributed by atoms with Gasteiger partial charge in [-0.3, -0.25) is 0 Å². The zero-order valence-electron chi connectivity index (χ0n) is 8.25. The summed E-state index contributed by atoms with van der Waals surface area (Å²) in [7, 11) is 0. The molecule has 1 fully saturated rings. The summed E-state index contributed by atoms with van der Waals surface area (Å²) in [6, 6.07) is 4.63. The van der Waals surface area contributed by atoms with Crippen molar-refractivity contribution in [3.63, 3.8) is 0 Å². The summed E-state index contributed by atoms with van der Waals surface area (Å²) >= 11 is 4.09. The van der Waals surface area contributed by atoms with Crippen LogP contribution in [0.1, 0.15) is 17.7 Å². The van der Waals surface area contributed by atoms with E-state index in [-0.39, 0.29) is 6.03 Å². The quantitative estimate of drug-likeness (QED) is 0.815. The van der Waals surface area contributed by atoms with Gasteiger partial charge in [0.25, 0.3) is 0 Å². The van der Waals surface area contributed by atoms with Crippen LogP contribution in [0.3, 0.4) is 0 Å². The van der Waals surface area contributed by atoms with Gasteiger partial charge in [-0.25, -0.2) is 4.79 Å². The second-order valence-corrected chi connectivity index (χ2v) is 6.69. The maximum atomic E-state index is 11.3. The molecule has 0 saturated heterocycles. The molecule has 5 heteroatoms. The lowest BCUT2D eigenvalue weighted by Crippen LogP contribution is -2.37. The van der Waals surface area contributed by atoms with Crippen LogP contribution in [0, 0.1) is 2.88 Å². The highest BCUT2D eigenvalue weighted by Gasteiger charge is 2.22. The molecule has 1 saturated carbocycles. The third-order valence-corrected chi connectivity index (χ3v) is 4.15. The highest BCUT2D eigenvalue weighted by Crippen LogP contribution is 2.19. The number of nitrogens with one attached hydrogen (secondary N) is 2. The molecule has 0 radical (unpaired) electrons. The summed E-state index contributed by atoms with van der Waals surface area (Å²) in [6.45, 7) is 0.717. The van der Waals surface area contributed by atoms with Crippen LogP contribution < -0.4 is 10.6 Å². The summed E-state index contributed by atoms with van der Waals surface area (Å²) in [5, 5.41) is 5.76. The Morgan fingerprint density at radius 2 is 2.33 bits per heavy atom. The van der Waals surface area contributed by atoms with E-state index in [1.165, 1.54) is 7.76 Å².